The second-order valence-electron chi connectivity index (χ2n) is 3.10. The van der Waals surface area contributed by atoms with Crippen molar-refractivity contribution in [3.8, 4) is 0 Å². The Hall–Kier alpha value is -1.11. The number of hydrogen-bond donors (Lipinski definition) is 3. The quantitative estimate of drug-likeness (QED) is 0.675. The van der Waals surface area contributed by atoms with E-state index in [1.807, 2.05) is 0 Å². The van der Waals surface area contributed by atoms with E-state index >= 15 is 0 Å². The average molecular weight is 246 g/mol. The summed E-state index contributed by atoms with van der Waals surface area (Å²) in [5, 5.41) is 26.2. The molecule has 3 N–H and O–H groups in total. The summed E-state index contributed by atoms with van der Waals surface area (Å²) in [6.07, 6.45) is -0.913. The highest BCUT2D eigenvalue weighted by atomic mass is 32.2. The largest absolute Gasteiger partial charge is 0.478 e. The number of aromatic carboxylic acids is 1. The molecule has 0 amide bonds. The van der Waals surface area contributed by atoms with E-state index in [1.54, 1.807) is 0 Å². The minimum absolute atomic E-state index is 0.121. The van der Waals surface area contributed by atoms with Gasteiger partial charge in [-0.3, -0.25) is 0 Å². The first kappa shape index (κ1) is 13.0. The monoisotopic (exact) mass is 246 g/mol. The number of carboxylic acids is 1. The number of carbonyl (C=O) groups is 1. The van der Waals surface area contributed by atoms with Crippen LogP contribution < -0.4 is 0 Å². The zero-order valence-corrected chi connectivity index (χ0v) is 9.08. The summed E-state index contributed by atoms with van der Waals surface area (Å²) in [6, 6.07) is 3.56. The lowest BCUT2D eigenvalue weighted by Crippen LogP contribution is -2.14. The van der Waals surface area contributed by atoms with Crippen molar-refractivity contribution < 1.29 is 24.5 Å². The molecule has 4 nitrogen and oxygen atoms in total. The molecule has 0 aliphatic heterocycles. The Labute approximate surface area is 95.7 Å². The summed E-state index contributed by atoms with van der Waals surface area (Å²) in [5.74, 6) is -1.68. The molecule has 1 aromatic rings. The molecular formula is C10H11FO4S. The van der Waals surface area contributed by atoms with Crippen LogP contribution in [-0.4, -0.2) is 39.8 Å². The van der Waals surface area contributed by atoms with Gasteiger partial charge in [0.15, 0.2) is 0 Å². The number of hydrogen-bond acceptors (Lipinski definition) is 4. The van der Waals surface area contributed by atoms with E-state index in [0.717, 1.165) is 17.8 Å². The van der Waals surface area contributed by atoms with E-state index in [4.69, 9.17) is 15.3 Å². The third kappa shape index (κ3) is 3.48. The van der Waals surface area contributed by atoms with Gasteiger partial charge in [0.05, 0.1) is 18.3 Å². The third-order valence-electron chi connectivity index (χ3n) is 1.82. The molecule has 6 heteroatoms. The van der Waals surface area contributed by atoms with Crippen molar-refractivity contribution in [2.45, 2.75) is 11.0 Å². The molecular weight excluding hydrogens is 235 g/mol. The van der Waals surface area contributed by atoms with Crippen molar-refractivity contribution in [1.82, 2.24) is 0 Å². The Morgan fingerprint density at radius 1 is 1.50 bits per heavy atom. The topological polar surface area (TPSA) is 77.8 Å². The lowest BCUT2D eigenvalue weighted by molar-refractivity contribution is 0.0696. The van der Waals surface area contributed by atoms with Crippen LogP contribution in [0.25, 0.3) is 0 Å². The summed E-state index contributed by atoms with van der Waals surface area (Å²) in [4.78, 5) is 10.8. The van der Waals surface area contributed by atoms with Gasteiger partial charge in [-0.05, 0) is 18.2 Å². The van der Waals surface area contributed by atoms with Crippen LogP contribution in [0.1, 0.15) is 10.4 Å². The molecule has 1 aromatic carbocycles. The Bertz CT molecular complexity index is 383. The molecule has 0 aromatic heterocycles. The fraction of sp³-hybridized carbons (Fsp3) is 0.300. The van der Waals surface area contributed by atoms with E-state index in [-0.39, 0.29) is 22.8 Å². The highest BCUT2D eigenvalue weighted by Gasteiger charge is 2.10. The van der Waals surface area contributed by atoms with Crippen molar-refractivity contribution in [3.05, 3.63) is 29.6 Å². The number of thioether (sulfide) groups is 1. The summed E-state index contributed by atoms with van der Waals surface area (Å²) >= 11 is 1.02. The summed E-state index contributed by atoms with van der Waals surface area (Å²) in [6.45, 7) is -0.387. The molecule has 16 heavy (non-hydrogen) atoms. The Morgan fingerprint density at radius 3 is 2.69 bits per heavy atom. The minimum atomic E-state index is -1.19. The van der Waals surface area contributed by atoms with Crippen LogP contribution in [-0.2, 0) is 0 Å². The summed E-state index contributed by atoms with van der Waals surface area (Å²) in [5.41, 5.74) is -0.121. The van der Waals surface area contributed by atoms with Gasteiger partial charge >= 0.3 is 5.97 Å². The van der Waals surface area contributed by atoms with Crippen molar-refractivity contribution in [2.75, 3.05) is 12.4 Å². The van der Waals surface area contributed by atoms with Gasteiger partial charge in [-0.25, -0.2) is 9.18 Å². The zero-order valence-electron chi connectivity index (χ0n) is 8.26. The number of aliphatic hydroxyl groups excluding tert-OH is 2. The molecule has 0 heterocycles. The van der Waals surface area contributed by atoms with Crippen LogP contribution in [0.15, 0.2) is 23.1 Å². The van der Waals surface area contributed by atoms with Gasteiger partial charge in [-0.1, -0.05) is 0 Å². The highest BCUT2D eigenvalue weighted by Crippen LogP contribution is 2.23. The highest BCUT2D eigenvalue weighted by molar-refractivity contribution is 7.99. The first-order chi connectivity index (χ1) is 7.54. The first-order valence-electron chi connectivity index (χ1n) is 4.49. The van der Waals surface area contributed by atoms with Gasteiger partial charge in [0.1, 0.15) is 5.82 Å². The number of carboxylic acid groups (broad SMARTS) is 1. The standard InChI is InChI=1S/C10H11FO4S/c11-8-3-6(10(14)15)1-2-9(8)16-5-7(13)4-12/h1-3,7,12-13H,4-5H2,(H,14,15). The predicted octanol–water partition coefficient (Wildman–Crippen LogP) is 0.969. The lowest BCUT2D eigenvalue weighted by atomic mass is 10.2. The van der Waals surface area contributed by atoms with Gasteiger partial charge in [-0.2, -0.15) is 0 Å². The number of halogens is 1. The predicted molar refractivity (Wildman–Crippen MR) is 57.2 cm³/mol. The molecule has 0 fully saturated rings. The van der Waals surface area contributed by atoms with Crippen molar-refractivity contribution in [3.63, 3.8) is 0 Å². The number of rotatable bonds is 5. The fourth-order valence-electron chi connectivity index (χ4n) is 0.990. The van der Waals surface area contributed by atoms with E-state index < -0.39 is 17.9 Å². The molecule has 1 rings (SSSR count). The maximum atomic E-state index is 13.3. The first-order valence-corrected chi connectivity index (χ1v) is 5.47. The van der Waals surface area contributed by atoms with Gasteiger partial charge < -0.3 is 15.3 Å². The van der Waals surface area contributed by atoms with Crippen LogP contribution in [0.2, 0.25) is 0 Å². The smallest absolute Gasteiger partial charge is 0.335 e. The summed E-state index contributed by atoms with van der Waals surface area (Å²) in [7, 11) is 0. The number of aliphatic hydroxyl groups is 2. The van der Waals surface area contributed by atoms with Gasteiger partial charge in [0.2, 0.25) is 0 Å². The van der Waals surface area contributed by atoms with Crippen molar-refractivity contribution in [2.24, 2.45) is 0 Å². The molecule has 88 valence electrons. The van der Waals surface area contributed by atoms with Crippen LogP contribution in [0, 0.1) is 5.82 Å². The van der Waals surface area contributed by atoms with Crippen molar-refractivity contribution in [1.29, 1.82) is 0 Å². The third-order valence-corrected chi connectivity index (χ3v) is 3.01. The molecule has 0 bridgehead atoms. The van der Waals surface area contributed by atoms with Crippen LogP contribution in [0.5, 0.6) is 0 Å². The van der Waals surface area contributed by atoms with E-state index in [1.165, 1.54) is 12.1 Å². The molecule has 0 aliphatic carbocycles. The number of benzene rings is 1. The zero-order chi connectivity index (χ0) is 12.1. The lowest BCUT2D eigenvalue weighted by Gasteiger charge is -2.07. The van der Waals surface area contributed by atoms with E-state index in [0.29, 0.717) is 0 Å². The Kier molecular flexibility index (Phi) is 4.72. The Balaban J connectivity index is 2.72. The van der Waals surface area contributed by atoms with Gasteiger partial charge in [0, 0.05) is 10.6 Å². The normalized spacial score (nSPS) is 12.4. The molecule has 0 aliphatic rings. The van der Waals surface area contributed by atoms with Crippen molar-refractivity contribution >= 4 is 17.7 Å². The molecule has 1 unspecified atom stereocenters. The van der Waals surface area contributed by atoms with Crippen LogP contribution >= 0.6 is 11.8 Å². The van der Waals surface area contributed by atoms with Gasteiger partial charge in [0.25, 0.3) is 0 Å². The van der Waals surface area contributed by atoms with Gasteiger partial charge in [-0.15, -0.1) is 11.8 Å². The molecule has 1 atom stereocenters. The molecule has 0 saturated carbocycles. The summed E-state index contributed by atoms with van der Waals surface area (Å²) < 4.78 is 13.3. The minimum Gasteiger partial charge on any atom is -0.478 e. The second-order valence-corrected chi connectivity index (χ2v) is 4.16. The van der Waals surface area contributed by atoms with Crippen LogP contribution in [0.3, 0.4) is 0 Å². The van der Waals surface area contributed by atoms with E-state index in [9.17, 15) is 9.18 Å². The van der Waals surface area contributed by atoms with E-state index in [2.05, 4.69) is 0 Å². The maximum Gasteiger partial charge on any atom is 0.335 e. The fourth-order valence-corrected chi connectivity index (χ4v) is 1.83. The second kappa shape index (κ2) is 5.83. The maximum absolute atomic E-state index is 13.3. The molecule has 0 saturated heterocycles. The SMILES string of the molecule is O=C(O)c1ccc(SCC(O)CO)c(F)c1. The average Bonchev–Trinajstić information content (AvgIpc) is 2.26. The van der Waals surface area contributed by atoms with Crippen LogP contribution in [0.4, 0.5) is 4.39 Å². The molecule has 0 radical (unpaired) electrons. The molecule has 0 spiro atoms. The Morgan fingerprint density at radius 2 is 2.19 bits per heavy atom.